The van der Waals surface area contributed by atoms with Crippen molar-refractivity contribution >= 4 is 27.5 Å². The number of nitrogens with zero attached hydrogens (tertiary/aromatic N) is 1. The highest BCUT2D eigenvalue weighted by molar-refractivity contribution is 7.21. The fraction of sp³-hybridized carbons (Fsp3) is 0.222. The molecule has 4 rings (SSSR count). The number of alkyl halides is 2. The lowest BCUT2D eigenvalue weighted by Gasteiger charge is -2.15. The van der Waals surface area contributed by atoms with Gasteiger partial charge in [0, 0.05) is 17.7 Å². The number of carbonyl (C=O) groups is 1. The molecule has 0 radical (unpaired) electrons. The third-order valence-corrected chi connectivity index (χ3v) is 4.81. The van der Waals surface area contributed by atoms with Gasteiger partial charge in [0.25, 0.3) is 0 Å². The smallest absolute Gasteiger partial charge is 0.459 e. The summed E-state index contributed by atoms with van der Waals surface area (Å²) >= 11 is 1.44. The molecule has 3 aromatic rings. The van der Waals surface area contributed by atoms with Crippen molar-refractivity contribution in [2.45, 2.75) is 13.0 Å². The predicted octanol–water partition coefficient (Wildman–Crippen LogP) is 4.23. The second-order valence-corrected chi connectivity index (χ2v) is 6.59. The fourth-order valence-electron chi connectivity index (χ4n) is 2.51. The number of fused-ring (bicyclic) bond motifs is 2. The first kappa shape index (κ1) is 17.5. The van der Waals surface area contributed by atoms with Crippen LogP contribution in [0, 0.1) is 0 Å². The van der Waals surface area contributed by atoms with Crippen molar-refractivity contribution in [3.05, 3.63) is 36.4 Å². The summed E-state index contributed by atoms with van der Waals surface area (Å²) < 4.78 is 47.6. The van der Waals surface area contributed by atoms with Crippen LogP contribution in [0.15, 0.2) is 36.4 Å². The van der Waals surface area contributed by atoms with Gasteiger partial charge in [-0.15, -0.1) is 11.3 Å². The molecular formula is C18H13F2NO5S. The molecule has 1 aliphatic heterocycles. The highest BCUT2D eigenvalue weighted by Crippen LogP contribution is 2.40. The number of thiazole rings is 1. The number of aromatic nitrogens is 1. The Labute approximate surface area is 156 Å². The Kier molecular flexibility index (Phi) is 4.31. The first-order valence-electron chi connectivity index (χ1n) is 8.01. The van der Waals surface area contributed by atoms with E-state index in [1.54, 1.807) is 18.2 Å². The van der Waals surface area contributed by atoms with Crippen LogP contribution in [0.3, 0.4) is 0 Å². The number of halogens is 2. The van der Waals surface area contributed by atoms with E-state index in [2.05, 4.69) is 14.5 Å². The van der Waals surface area contributed by atoms with Gasteiger partial charge in [-0.25, -0.2) is 9.78 Å². The zero-order chi connectivity index (χ0) is 19.0. The van der Waals surface area contributed by atoms with Crippen LogP contribution in [0.5, 0.6) is 17.2 Å². The SMILES string of the molecule is CCOC(=O)C(F)(F)Oc1ccc(-c2nc3cc4c(cc3s2)OCO4)cc1. The van der Waals surface area contributed by atoms with Gasteiger partial charge in [-0.1, -0.05) is 0 Å². The Hall–Kier alpha value is -2.94. The van der Waals surface area contributed by atoms with E-state index in [0.29, 0.717) is 16.5 Å². The van der Waals surface area contributed by atoms with E-state index in [1.165, 1.54) is 30.4 Å². The molecule has 0 fully saturated rings. The standard InChI is InChI=1S/C18H13F2NO5S/c1-2-23-17(22)18(19,20)26-11-5-3-10(4-6-11)16-21-12-7-13-14(25-9-24-13)8-15(12)27-16/h3-8H,2,9H2,1H3. The zero-order valence-electron chi connectivity index (χ0n) is 14.0. The van der Waals surface area contributed by atoms with Crippen LogP contribution in [-0.4, -0.2) is 30.5 Å². The first-order chi connectivity index (χ1) is 13.0. The second kappa shape index (κ2) is 6.66. The van der Waals surface area contributed by atoms with Crippen molar-refractivity contribution < 1.29 is 32.5 Å². The van der Waals surface area contributed by atoms with E-state index in [9.17, 15) is 13.6 Å². The minimum Gasteiger partial charge on any atom is -0.459 e. The third-order valence-electron chi connectivity index (χ3n) is 3.74. The normalized spacial score (nSPS) is 13.0. The predicted molar refractivity (Wildman–Crippen MR) is 93.4 cm³/mol. The van der Waals surface area contributed by atoms with Gasteiger partial charge in [-0.2, -0.15) is 8.78 Å². The molecule has 6 nitrogen and oxygen atoms in total. The van der Waals surface area contributed by atoms with E-state index in [0.717, 1.165) is 15.8 Å². The van der Waals surface area contributed by atoms with Gasteiger partial charge in [0.05, 0.1) is 16.8 Å². The van der Waals surface area contributed by atoms with Crippen molar-refractivity contribution in [2.24, 2.45) is 0 Å². The van der Waals surface area contributed by atoms with Crippen molar-refractivity contribution in [1.29, 1.82) is 0 Å². The van der Waals surface area contributed by atoms with Crippen molar-refractivity contribution in [2.75, 3.05) is 13.4 Å². The minimum atomic E-state index is -4.05. The highest BCUT2D eigenvalue weighted by atomic mass is 32.1. The van der Waals surface area contributed by atoms with Gasteiger partial charge >= 0.3 is 12.1 Å². The van der Waals surface area contributed by atoms with Gasteiger partial charge in [-0.3, -0.25) is 0 Å². The quantitative estimate of drug-likeness (QED) is 0.605. The molecule has 0 bridgehead atoms. The Morgan fingerprint density at radius 2 is 1.93 bits per heavy atom. The molecule has 0 N–H and O–H groups in total. The fourth-order valence-corrected chi connectivity index (χ4v) is 3.49. The topological polar surface area (TPSA) is 66.9 Å². The maximum absolute atomic E-state index is 13.6. The average Bonchev–Trinajstić information content (AvgIpc) is 3.25. The molecule has 0 atom stereocenters. The summed E-state index contributed by atoms with van der Waals surface area (Å²) in [6, 6.07) is 9.54. The number of carbonyl (C=O) groups excluding carboxylic acids is 1. The molecule has 1 aliphatic rings. The molecule has 0 amide bonds. The van der Waals surface area contributed by atoms with Crippen LogP contribution in [-0.2, 0) is 9.53 Å². The molecule has 0 spiro atoms. The molecule has 27 heavy (non-hydrogen) atoms. The van der Waals surface area contributed by atoms with Crippen LogP contribution in [0.25, 0.3) is 20.8 Å². The number of hydrogen-bond acceptors (Lipinski definition) is 7. The molecule has 2 aromatic carbocycles. The van der Waals surface area contributed by atoms with E-state index in [-0.39, 0.29) is 19.1 Å². The Balaban J connectivity index is 1.55. The second-order valence-electron chi connectivity index (χ2n) is 5.56. The zero-order valence-corrected chi connectivity index (χ0v) is 14.8. The molecule has 1 aromatic heterocycles. The first-order valence-corrected chi connectivity index (χ1v) is 8.82. The summed E-state index contributed by atoms with van der Waals surface area (Å²) in [5.74, 6) is -0.566. The van der Waals surface area contributed by atoms with E-state index in [1.807, 2.05) is 6.07 Å². The maximum atomic E-state index is 13.6. The summed E-state index contributed by atoms with van der Waals surface area (Å²) in [6.45, 7) is 1.47. The van der Waals surface area contributed by atoms with Gasteiger partial charge < -0.3 is 18.9 Å². The summed E-state index contributed by atoms with van der Waals surface area (Å²) in [7, 11) is 0. The van der Waals surface area contributed by atoms with Crippen molar-refractivity contribution in [1.82, 2.24) is 4.98 Å². The number of ether oxygens (including phenoxy) is 4. The monoisotopic (exact) mass is 393 g/mol. The molecule has 0 saturated carbocycles. The molecule has 0 saturated heterocycles. The summed E-state index contributed by atoms with van der Waals surface area (Å²) in [6.07, 6.45) is -4.05. The molecule has 9 heteroatoms. The summed E-state index contributed by atoms with van der Waals surface area (Å²) in [5.41, 5.74) is 1.48. The third kappa shape index (κ3) is 3.37. The summed E-state index contributed by atoms with van der Waals surface area (Å²) in [4.78, 5) is 15.8. The van der Waals surface area contributed by atoms with Crippen molar-refractivity contribution in [3.8, 4) is 27.8 Å². The van der Waals surface area contributed by atoms with Crippen LogP contribution >= 0.6 is 11.3 Å². The Bertz CT molecular complexity index is 962. The average molecular weight is 393 g/mol. The largest absolute Gasteiger partial charge is 0.502 e. The van der Waals surface area contributed by atoms with Gasteiger partial charge in [-0.05, 0) is 31.2 Å². The van der Waals surface area contributed by atoms with Gasteiger partial charge in [0.1, 0.15) is 10.8 Å². The molecule has 0 unspecified atom stereocenters. The van der Waals surface area contributed by atoms with E-state index >= 15 is 0 Å². The number of esters is 1. The van der Waals surface area contributed by atoms with Crippen LogP contribution in [0.2, 0.25) is 0 Å². The minimum absolute atomic E-state index is 0.154. The molecule has 0 aliphatic carbocycles. The number of benzene rings is 2. The Morgan fingerprint density at radius 1 is 1.22 bits per heavy atom. The number of hydrogen-bond donors (Lipinski definition) is 0. The maximum Gasteiger partial charge on any atom is 0.502 e. The van der Waals surface area contributed by atoms with Crippen LogP contribution < -0.4 is 14.2 Å². The van der Waals surface area contributed by atoms with Crippen LogP contribution in [0.4, 0.5) is 8.78 Å². The molecule has 2 heterocycles. The molecule has 140 valence electrons. The van der Waals surface area contributed by atoms with Crippen molar-refractivity contribution in [3.63, 3.8) is 0 Å². The van der Waals surface area contributed by atoms with E-state index < -0.39 is 12.1 Å². The Morgan fingerprint density at radius 3 is 2.63 bits per heavy atom. The van der Waals surface area contributed by atoms with Gasteiger partial charge in [0.2, 0.25) is 6.79 Å². The highest BCUT2D eigenvalue weighted by Gasteiger charge is 2.44. The van der Waals surface area contributed by atoms with E-state index in [4.69, 9.17) is 9.47 Å². The molecular weight excluding hydrogens is 380 g/mol. The summed E-state index contributed by atoms with van der Waals surface area (Å²) in [5, 5.41) is 0.706. The lowest BCUT2D eigenvalue weighted by atomic mass is 10.2. The number of rotatable bonds is 5. The lowest BCUT2D eigenvalue weighted by molar-refractivity contribution is -0.216. The lowest BCUT2D eigenvalue weighted by Crippen LogP contribution is -2.36. The van der Waals surface area contributed by atoms with Crippen LogP contribution in [0.1, 0.15) is 6.92 Å². The van der Waals surface area contributed by atoms with Gasteiger partial charge in [0.15, 0.2) is 11.5 Å².